The first-order valence-corrected chi connectivity index (χ1v) is 15.3. The molecule has 0 radical (unpaired) electrons. The van der Waals surface area contributed by atoms with E-state index < -0.39 is 48.2 Å². The van der Waals surface area contributed by atoms with E-state index in [1.54, 1.807) is 19.1 Å². The Labute approximate surface area is 262 Å². The van der Waals surface area contributed by atoms with Gasteiger partial charge in [-0.1, -0.05) is 13.8 Å². The summed E-state index contributed by atoms with van der Waals surface area (Å²) in [5, 5.41) is 12.5. The number of anilines is 1. The lowest BCUT2D eigenvalue weighted by Gasteiger charge is -2.25. The van der Waals surface area contributed by atoms with Crippen LogP contribution in [0.15, 0.2) is 22.7 Å². The summed E-state index contributed by atoms with van der Waals surface area (Å²) >= 11 is 3.24. The first-order chi connectivity index (χ1) is 20.3. The molecule has 0 aliphatic carbocycles. The fourth-order valence-electron chi connectivity index (χ4n) is 4.02. The van der Waals surface area contributed by atoms with Crippen LogP contribution in [0.1, 0.15) is 70.7 Å². The van der Waals surface area contributed by atoms with E-state index in [-0.39, 0.29) is 30.9 Å². The molecule has 1 rings (SSSR count). The second-order valence-corrected chi connectivity index (χ2v) is 11.2. The molecule has 7 N–H and O–H groups in total. The zero-order chi connectivity index (χ0) is 32.5. The number of nitrogens with one attached hydrogen (secondary N) is 5. The van der Waals surface area contributed by atoms with Crippen molar-refractivity contribution in [3.8, 4) is 0 Å². The monoisotopic (exact) mass is 667 g/mol. The lowest BCUT2D eigenvalue weighted by molar-refractivity contribution is -0.131. The molecular weight excluding hydrogens is 622 g/mol. The average molecular weight is 669 g/mol. The molecule has 0 fully saturated rings. The molecule has 14 heteroatoms. The van der Waals surface area contributed by atoms with Crippen LogP contribution in [0.3, 0.4) is 0 Å². The van der Waals surface area contributed by atoms with E-state index in [0.29, 0.717) is 29.0 Å². The smallest absolute Gasteiger partial charge is 0.251 e. The van der Waals surface area contributed by atoms with Crippen LogP contribution in [0.4, 0.5) is 5.69 Å². The number of carbonyl (C=O) groups excluding carboxylic acids is 6. The Balaban J connectivity index is 2.57. The molecule has 2 atom stereocenters. The molecular formula is C29H46BrN7O6. The van der Waals surface area contributed by atoms with Crippen molar-refractivity contribution in [3.63, 3.8) is 0 Å². The number of amides is 5. The number of nitrogens with two attached hydrogens (primary N) is 1. The number of halogens is 1. The molecule has 0 bridgehead atoms. The molecule has 0 aliphatic heterocycles. The number of benzene rings is 1. The first kappa shape index (κ1) is 37.5. The highest BCUT2D eigenvalue weighted by Gasteiger charge is 2.22. The van der Waals surface area contributed by atoms with Crippen molar-refractivity contribution in [2.24, 2.45) is 0 Å². The molecule has 5 amide bonds. The van der Waals surface area contributed by atoms with E-state index >= 15 is 0 Å². The topological polar surface area (TPSA) is 192 Å². The zero-order valence-electron chi connectivity index (χ0n) is 25.7. The highest BCUT2D eigenvalue weighted by Crippen LogP contribution is 2.20. The van der Waals surface area contributed by atoms with E-state index in [1.807, 2.05) is 0 Å². The molecule has 43 heavy (non-hydrogen) atoms. The largest absolute Gasteiger partial charge is 0.398 e. The van der Waals surface area contributed by atoms with Gasteiger partial charge in [-0.15, -0.1) is 0 Å². The highest BCUT2D eigenvalue weighted by molar-refractivity contribution is 9.10. The van der Waals surface area contributed by atoms with Crippen LogP contribution in [0.25, 0.3) is 0 Å². The van der Waals surface area contributed by atoms with E-state index in [2.05, 4.69) is 68.2 Å². The number of unbranched alkanes of at least 4 members (excludes halogenated alkanes) is 1. The lowest BCUT2D eigenvalue weighted by atomic mass is 10.1. The van der Waals surface area contributed by atoms with Crippen molar-refractivity contribution >= 4 is 56.9 Å². The molecule has 0 unspecified atom stereocenters. The number of rotatable bonds is 19. The van der Waals surface area contributed by atoms with E-state index in [0.717, 1.165) is 19.5 Å². The van der Waals surface area contributed by atoms with Crippen LogP contribution in [-0.4, -0.2) is 91.1 Å². The van der Waals surface area contributed by atoms with Gasteiger partial charge in [-0.05, 0) is 87.3 Å². The Morgan fingerprint density at radius 3 is 2.09 bits per heavy atom. The number of Topliss-reactive ketones (excluding diaryl/α,β-unsaturated/α-hetero) is 1. The molecule has 0 saturated heterocycles. The van der Waals surface area contributed by atoms with Crippen molar-refractivity contribution in [1.82, 2.24) is 31.5 Å². The fourth-order valence-corrected chi connectivity index (χ4v) is 4.27. The number of hydrogen-bond acceptors (Lipinski definition) is 8. The SMILES string of the molecule is CCC(=O)CNC(=O)[C@H](CCCCN(CC)C(C)C)NC(=O)CNC(=O)[C@H](C)NC(=O)CNC(=O)c1ccc(Br)c(N)c1. The average Bonchev–Trinajstić information content (AvgIpc) is 2.97. The Morgan fingerprint density at radius 1 is 0.860 bits per heavy atom. The minimum atomic E-state index is -0.998. The zero-order valence-corrected chi connectivity index (χ0v) is 27.3. The Morgan fingerprint density at radius 2 is 1.49 bits per heavy atom. The number of ketones is 1. The standard InChI is InChI=1S/C29H46BrN7O6/c1-6-21(38)15-32-29(43)24(10-8-9-13-37(7-2)18(3)4)36-26(40)17-33-27(41)19(5)35-25(39)16-34-28(42)20-11-12-22(30)23(31)14-20/h11-12,14,18-19,24H,6-10,13,15-17,31H2,1-5H3,(H,32,43)(H,33,41)(H,34,42)(H,35,39)(H,36,40)/t19-,24-/m0/s1. The maximum atomic E-state index is 12.7. The van der Waals surface area contributed by atoms with Gasteiger partial charge in [0, 0.05) is 28.2 Å². The van der Waals surface area contributed by atoms with Crippen molar-refractivity contribution in [2.75, 3.05) is 38.5 Å². The molecule has 1 aromatic rings. The van der Waals surface area contributed by atoms with Gasteiger partial charge in [0.1, 0.15) is 12.1 Å². The molecule has 0 aromatic heterocycles. The van der Waals surface area contributed by atoms with E-state index in [1.165, 1.54) is 13.0 Å². The van der Waals surface area contributed by atoms with E-state index in [4.69, 9.17) is 5.73 Å². The summed E-state index contributed by atoms with van der Waals surface area (Å²) in [6, 6.07) is 3.15. The maximum Gasteiger partial charge on any atom is 0.251 e. The molecule has 0 heterocycles. The minimum absolute atomic E-state index is 0.121. The van der Waals surface area contributed by atoms with Crippen LogP contribution in [0.5, 0.6) is 0 Å². The predicted molar refractivity (Wildman–Crippen MR) is 168 cm³/mol. The summed E-state index contributed by atoms with van der Waals surface area (Å²) in [7, 11) is 0. The van der Waals surface area contributed by atoms with Gasteiger partial charge in [-0.25, -0.2) is 0 Å². The van der Waals surface area contributed by atoms with Gasteiger partial charge in [0.15, 0.2) is 5.78 Å². The molecule has 1 aromatic carbocycles. The molecule has 0 aliphatic rings. The van der Waals surface area contributed by atoms with Crippen LogP contribution in [0.2, 0.25) is 0 Å². The lowest BCUT2D eigenvalue weighted by Crippen LogP contribution is -2.52. The maximum absolute atomic E-state index is 12.7. The third kappa shape index (κ3) is 14.5. The number of nitrogen functional groups attached to an aromatic ring is 1. The summed E-state index contributed by atoms with van der Waals surface area (Å²) in [6.07, 6.45) is 2.15. The number of nitrogens with zero attached hydrogens (tertiary/aromatic N) is 1. The fraction of sp³-hybridized carbons (Fsp3) is 0.586. The van der Waals surface area contributed by atoms with Crippen molar-refractivity contribution in [2.45, 2.75) is 78.4 Å². The Kier molecular flexibility index (Phi) is 17.1. The van der Waals surface area contributed by atoms with Gasteiger partial charge >= 0.3 is 0 Å². The first-order valence-electron chi connectivity index (χ1n) is 14.5. The van der Waals surface area contributed by atoms with Gasteiger partial charge in [0.25, 0.3) is 5.91 Å². The normalized spacial score (nSPS) is 12.3. The van der Waals surface area contributed by atoms with E-state index in [9.17, 15) is 28.8 Å². The second kappa shape index (κ2) is 19.6. The van der Waals surface area contributed by atoms with Gasteiger partial charge < -0.3 is 37.2 Å². The van der Waals surface area contributed by atoms with Gasteiger partial charge in [0.2, 0.25) is 23.6 Å². The van der Waals surface area contributed by atoms with Crippen LogP contribution in [0, 0.1) is 0 Å². The van der Waals surface area contributed by atoms with Crippen molar-refractivity contribution < 1.29 is 28.8 Å². The van der Waals surface area contributed by atoms with Crippen LogP contribution >= 0.6 is 15.9 Å². The molecule has 0 spiro atoms. The van der Waals surface area contributed by atoms with Gasteiger partial charge in [-0.2, -0.15) is 0 Å². The van der Waals surface area contributed by atoms with Crippen molar-refractivity contribution in [1.29, 1.82) is 0 Å². The summed E-state index contributed by atoms with van der Waals surface area (Å²) in [4.78, 5) is 76.3. The van der Waals surface area contributed by atoms with Gasteiger partial charge in [-0.3, -0.25) is 28.8 Å². The van der Waals surface area contributed by atoms with Crippen LogP contribution in [-0.2, 0) is 24.0 Å². The number of carbonyl (C=O) groups is 6. The molecule has 13 nitrogen and oxygen atoms in total. The number of hydrogen-bond donors (Lipinski definition) is 6. The second-order valence-electron chi connectivity index (χ2n) is 10.4. The van der Waals surface area contributed by atoms with Crippen LogP contribution < -0.4 is 32.3 Å². The Hall–Kier alpha value is -3.52. The predicted octanol–water partition coefficient (Wildman–Crippen LogP) is 0.863. The summed E-state index contributed by atoms with van der Waals surface area (Å²) in [5.74, 6) is -2.93. The third-order valence-electron chi connectivity index (χ3n) is 6.69. The Bertz CT molecular complexity index is 1130. The molecule has 240 valence electrons. The quantitative estimate of drug-likeness (QED) is 0.0924. The van der Waals surface area contributed by atoms with Crippen molar-refractivity contribution in [3.05, 3.63) is 28.2 Å². The molecule has 0 saturated carbocycles. The highest BCUT2D eigenvalue weighted by atomic mass is 79.9. The summed E-state index contributed by atoms with van der Waals surface area (Å²) in [6.45, 7) is 10.3. The summed E-state index contributed by atoms with van der Waals surface area (Å²) in [5.41, 5.74) is 6.41. The summed E-state index contributed by atoms with van der Waals surface area (Å²) < 4.78 is 0.637. The van der Waals surface area contributed by atoms with Gasteiger partial charge in [0.05, 0.1) is 19.6 Å². The third-order valence-corrected chi connectivity index (χ3v) is 7.41. The minimum Gasteiger partial charge on any atom is -0.398 e.